The minimum atomic E-state index is -0.245. The van der Waals surface area contributed by atoms with E-state index in [1.54, 1.807) is 18.0 Å². The van der Waals surface area contributed by atoms with E-state index in [0.717, 1.165) is 25.7 Å². The van der Waals surface area contributed by atoms with Gasteiger partial charge in [0.25, 0.3) is 0 Å². The molecular weight excluding hydrogens is 188 g/mol. The molecule has 3 nitrogen and oxygen atoms in total. The van der Waals surface area contributed by atoms with E-state index < -0.39 is 0 Å². The molecule has 0 aliphatic heterocycles. The zero-order valence-electron chi connectivity index (χ0n) is 9.67. The first kappa shape index (κ1) is 12.2. The maximum Gasteiger partial charge on any atom is 0.224 e. The summed E-state index contributed by atoms with van der Waals surface area (Å²) in [7, 11) is 1.80. The topological polar surface area (TPSA) is 46.3 Å². The van der Waals surface area contributed by atoms with Crippen LogP contribution in [-0.4, -0.2) is 29.9 Å². The molecule has 0 spiro atoms. The fraction of sp³-hybridized carbons (Fsp3) is 0.750. The molecule has 86 valence electrons. The average molecular weight is 210 g/mol. The van der Waals surface area contributed by atoms with Gasteiger partial charge in [0, 0.05) is 25.6 Å². The van der Waals surface area contributed by atoms with Gasteiger partial charge in [-0.25, -0.2) is 0 Å². The molecule has 0 bridgehead atoms. The van der Waals surface area contributed by atoms with Crippen molar-refractivity contribution in [2.75, 3.05) is 13.6 Å². The third-order valence-electron chi connectivity index (χ3n) is 3.18. The van der Waals surface area contributed by atoms with Gasteiger partial charge in [0.2, 0.25) is 5.91 Å². The van der Waals surface area contributed by atoms with Crippen LogP contribution >= 0.6 is 0 Å². The summed E-state index contributed by atoms with van der Waals surface area (Å²) in [5, 5.41) is 0. The Labute approximate surface area is 92.3 Å². The van der Waals surface area contributed by atoms with Crippen LogP contribution in [0.1, 0.15) is 38.5 Å². The van der Waals surface area contributed by atoms with Crippen molar-refractivity contribution < 1.29 is 4.79 Å². The molecule has 0 radical (unpaired) electrons. The Bertz CT molecular complexity index is 232. The van der Waals surface area contributed by atoms with Crippen LogP contribution in [0.2, 0.25) is 0 Å². The minimum absolute atomic E-state index is 0.138. The van der Waals surface area contributed by atoms with Gasteiger partial charge in [0.05, 0.1) is 0 Å². The lowest BCUT2D eigenvalue weighted by Gasteiger charge is -2.34. The lowest BCUT2D eigenvalue weighted by atomic mass is 9.80. The molecule has 1 aliphatic rings. The maximum atomic E-state index is 11.8. The van der Waals surface area contributed by atoms with Gasteiger partial charge in [-0.05, 0) is 12.8 Å². The quantitative estimate of drug-likeness (QED) is 0.718. The summed E-state index contributed by atoms with van der Waals surface area (Å²) in [5.41, 5.74) is 5.98. The van der Waals surface area contributed by atoms with Crippen molar-refractivity contribution >= 4 is 5.91 Å². The Morgan fingerprint density at radius 2 is 2.07 bits per heavy atom. The zero-order valence-corrected chi connectivity index (χ0v) is 9.67. The van der Waals surface area contributed by atoms with Gasteiger partial charge in [-0.1, -0.05) is 25.3 Å². The lowest BCUT2D eigenvalue weighted by molar-refractivity contribution is -0.131. The molecule has 0 unspecified atom stereocenters. The molecule has 1 aliphatic carbocycles. The Kier molecular flexibility index (Phi) is 4.33. The number of carbonyl (C=O) groups excluding carboxylic acids is 1. The van der Waals surface area contributed by atoms with Crippen LogP contribution in [0, 0.1) is 0 Å². The van der Waals surface area contributed by atoms with Crippen molar-refractivity contribution in [3.63, 3.8) is 0 Å². The summed E-state index contributed by atoms with van der Waals surface area (Å²) < 4.78 is 0. The maximum absolute atomic E-state index is 11.8. The summed E-state index contributed by atoms with van der Waals surface area (Å²) >= 11 is 0. The van der Waals surface area contributed by atoms with Crippen LogP contribution in [-0.2, 0) is 4.79 Å². The van der Waals surface area contributed by atoms with E-state index in [9.17, 15) is 4.79 Å². The second kappa shape index (κ2) is 5.31. The number of amides is 1. The molecule has 1 rings (SSSR count). The number of nitrogens with two attached hydrogens (primary N) is 1. The van der Waals surface area contributed by atoms with E-state index in [1.165, 1.54) is 6.42 Å². The predicted molar refractivity (Wildman–Crippen MR) is 62.5 cm³/mol. The van der Waals surface area contributed by atoms with E-state index in [0.29, 0.717) is 13.0 Å². The molecule has 3 heteroatoms. The van der Waals surface area contributed by atoms with Crippen LogP contribution < -0.4 is 5.73 Å². The highest BCUT2D eigenvalue weighted by molar-refractivity contribution is 5.77. The zero-order chi connectivity index (χ0) is 11.3. The summed E-state index contributed by atoms with van der Waals surface area (Å²) in [6.07, 6.45) is 7.78. The van der Waals surface area contributed by atoms with Gasteiger partial charge >= 0.3 is 0 Å². The van der Waals surface area contributed by atoms with Crippen molar-refractivity contribution in [3.05, 3.63) is 12.7 Å². The van der Waals surface area contributed by atoms with Crippen molar-refractivity contribution in [2.45, 2.75) is 44.1 Å². The summed E-state index contributed by atoms with van der Waals surface area (Å²) in [6.45, 7) is 4.23. The van der Waals surface area contributed by atoms with Gasteiger partial charge in [-0.2, -0.15) is 0 Å². The monoisotopic (exact) mass is 210 g/mol. The Morgan fingerprint density at radius 1 is 1.47 bits per heavy atom. The van der Waals surface area contributed by atoms with E-state index in [1.807, 2.05) is 0 Å². The molecule has 1 amide bonds. The van der Waals surface area contributed by atoms with Gasteiger partial charge < -0.3 is 10.6 Å². The average Bonchev–Trinajstić information content (AvgIpc) is 2.18. The molecule has 15 heavy (non-hydrogen) atoms. The molecule has 2 N–H and O–H groups in total. The Morgan fingerprint density at radius 3 is 2.60 bits per heavy atom. The van der Waals surface area contributed by atoms with Gasteiger partial charge in [0.15, 0.2) is 0 Å². The number of carbonyl (C=O) groups is 1. The van der Waals surface area contributed by atoms with Crippen molar-refractivity contribution in [2.24, 2.45) is 5.73 Å². The molecule has 1 fully saturated rings. The Hall–Kier alpha value is -0.830. The number of hydrogen-bond acceptors (Lipinski definition) is 2. The first-order valence-electron chi connectivity index (χ1n) is 5.71. The summed E-state index contributed by atoms with van der Waals surface area (Å²) in [6, 6.07) is 0. The second-order valence-corrected chi connectivity index (χ2v) is 4.66. The van der Waals surface area contributed by atoms with Crippen molar-refractivity contribution in [1.29, 1.82) is 0 Å². The first-order chi connectivity index (χ1) is 7.07. The van der Waals surface area contributed by atoms with Crippen LogP contribution in [0.3, 0.4) is 0 Å². The van der Waals surface area contributed by atoms with Gasteiger partial charge in [-0.15, -0.1) is 6.58 Å². The summed E-state index contributed by atoms with van der Waals surface area (Å²) in [5.74, 6) is 0.138. The SMILES string of the molecule is C=CCN(C)C(=O)CC1(N)CCCCC1. The lowest BCUT2D eigenvalue weighted by Crippen LogP contribution is -2.46. The number of rotatable bonds is 4. The van der Waals surface area contributed by atoms with Gasteiger partial charge in [-0.3, -0.25) is 4.79 Å². The Balaban J connectivity index is 2.44. The highest BCUT2D eigenvalue weighted by atomic mass is 16.2. The van der Waals surface area contributed by atoms with Crippen LogP contribution in [0.25, 0.3) is 0 Å². The van der Waals surface area contributed by atoms with E-state index in [-0.39, 0.29) is 11.4 Å². The minimum Gasteiger partial charge on any atom is -0.342 e. The smallest absolute Gasteiger partial charge is 0.224 e. The molecule has 1 saturated carbocycles. The standard InChI is InChI=1S/C12H22N2O/c1-3-9-14(2)11(15)10-12(13)7-5-4-6-8-12/h3H,1,4-10,13H2,2H3. The second-order valence-electron chi connectivity index (χ2n) is 4.66. The van der Waals surface area contributed by atoms with E-state index >= 15 is 0 Å². The molecule has 0 aromatic carbocycles. The highest BCUT2D eigenvalue weighted by Crippen LogP contribution is 2.28. The third-order valence-corrected chi connectivity index (χ3v) is 3.18. The van der Waals surface area contributed by atoms with Gasteiger partial charge in [0.1, 0.15) is 0 Å². The normalized spacial score (nSPS) is 19.6. The highest BCUT2D eigenvalue weighted by Gasteiger charge is 2.30. The molecule has 0 aromatic rings. The number of nitrogens with zero attached hydrogens (tertiary/aromatic N) is 1. The number of likely N-dealkylation sites (N-methyl/N-ethyl adjacent to an activating group) is 1. The first-order valence-corrected chi connectivity index (χ1v) is 5.71. The molecule has 0 saturated heterocycles. The number of hydrogen-bond donors (Lipinski definition) is 1. The fourth-order valence-electron chi connectivity index (χ4n) is 2.16. The molecular formula is C12H22N2O. The van der Waals surface area contributed by atoms with E-state index in [4.69, 9.17) is 5.73 Å². The van der Waals surface area contributed by atoms with Crippen molar-refractivity contribution in [3.8, 4) is 0 Å². The fourth-order valence-corrected chi connectivity index (χ4v) is 2.16. The predicted octanol–water partition coefficient (Wildman–Crippen LogP) is 1.68. The molecule has 0 aromatic heterocycles. The largest absolute Gasteiger partial charge is 0.342 e. The van der Waals surface area contributed by atoms with Crippen LogP contribution in [0.4, 0.5) is 0 Å². The van der Waals surface area contributed by atoms with E-state index in [2.05, 4.69) is 6.58 Å². The van der Waals surface area contributed by atoms with Crippen LogP contribution in [0.15, 0.2) is 12.7 Å². The summed E-state index contributed by atoms with van der Waals surface area (Å²) in [4.78, 5) is 13.5. The molecule has 0 heterocycles. The van der Waals surface area contributed by atoms with Crippen molar-refractivity contribution in [1.82, 2.24) is 4.90 Å². The molecule has 0 atom stereocenters. The third kappa shape index (κ3) is 3.67. The van der Waals surface area contributed by atoms with Crippen LogP contribution in [0.5, 0.6) is 0 Å².